The molecule has 0 spiro atoms. The molecule has 0 bridgehead atoms. The zero-order valence-corrected chi connectivity index (χ0v) is 12.6. The quantitative estimate of drug-likeness (QED) is 0.808. The number of hydrogen-bond acceptors (Lipinski definition) is 3. The Balaban J connectivity index is 1.58. The van der Waals surface area contributed by atoms with Crippen LogP contribution in [0.3, 0.4) is 0 Å². The Hall–Kier alpha value is -2.04. The van der Waals surface area contributed by atoms with Crippen LogP contribution in [-0.2, 0) is 9.59 Å². The van der Waals surface area contributed by atoms with Gasteiger partial charge in [-0.15, -0.1) is 0 Å². The summed E-state index contributed by atoms with van der Waals surface area (Å²) >= 11 is 0. The number of para-hydroxylation sites is 1. The molecule has 2 N–H and O–H groups in total. The molecule has 0 radical (unpaired) electrons. The van der Waals surface area contributed by atoms with Crippen molar-refractivity contribution >= 4 is 11.9 Å². The summed E-state index contributed by atoms with van der Waals surface area (Å²) in [7, 11) is 0. The topological polar surface area (TPSA) is 75.6 Å². The SMILES string of the molecule is C[C@](COc1ccccc1)(NC(=O)[C@@H]1C[C@@H]1C1CC1)C(=O)O. The van der Waals surface area contributed by atoms with Gasteiger partial charge in [-0.05, 0) is 50.2 Å². The van der Waals surface area contributed by atoms with Crippen molar-refractivity contribution in [2.75, 3.05) is 6.61 Å². The van der Waals surface area contributed by atoms with Gasteiger partial charge in [0.15, 0.2) is 5.54 Å². The lowest BCUT2D eigenvalue weighted by Gasteiger charge is -2.26. The van der Waals surface area contributed by atoms with Gasteiger partial charge < -0.3 is 15.2 Å². The minimum atomic E-state index is -1.41. The molecule has 118 valence electrons. The van der Waals surface area contributed by atoms with Crippen molar-refractivity contribution in [3.05, 3.63) is 30.3 Å². The van der Waals surface area contributed by atoms with E-state index in [0.29, 0.717) is 17.6 Å². The van der Waals surface area contributed by atoms with E-state index < -0.39 is 11.5 Å². The third kappa shape index (κ3) is 3.24. The smallest absolute Gasteiger partial charge is 0.332 e. The van der Waals surface area contributed by atoms with Gasteiger partial charge in [0.05, 0.1) is 0 Å². The highest BCUT2D eigenvalue weighted by atomic mass is 16.5. The van der Waals surface area contributed by atoms with E-state index in [1.54, 1.807) is 12.1 Å². The number of carbonyl (C=O) groups is 2. The van der Waals surface area contributed by atoms with E-state index in [2.05, 4.69) is 5.32 Å². The molecule has 0 unspecified atom stereocenters. The number of hydrogen-bond donors (Lipinski definition) is 2. The van der Waals surface area contributed by atoms with E-state index in [1.807, 2.05) is 18.2 Å². The predicted molar refractivity (Wildman–Crippen MR) is 80.4 cm³/mol. The van der Waals surface area contributed by atoms with Crippen LogP contribution in [0.2, 0.25) is 0 Å². The van der Waals surface area contributed by atoms with Gasteiger partial charge in [-0.1, -0.05) is 18.2 Å². The molecular weight excluding hydrogens is 282 g/mol. The first kappa shape index (κ1) is 14.9. The van der Waals surface area contributed by atoms with Crippen LogP contribution in [0, 0.1) is 17.8 Å². The lowest BCUT2D eigenvalue weighted by Crippen LogP contribution is -2.56. The molecule has 2 fully saturated rings. The normalized spacial score (nSPS) is 25.9. The molecule has 2 saturated carbocycles. The number of aliphatic carboxylic acids is 1. The number of ether oxygens (including phenoxy) is 1. The summed E-state index contributed by atoms with van der Waals surface area (Å²) in [6.45, 7) is 1.39. The van der Waals surface area contributed by atoms with Crippen LogP contribution in [0.1, 0.15) is 26.2 Å². The molecule has 3 atom stereocenters. The summed E-state index contributed by atoms with van der Waals surface area (Å²) in [6, 6.07) is 9.01. The van der Waals surface area contributed by atoms with Crippen LogP contribution in [0.4, 0.5) is 0 Å². The summed E-state index contributed by atoms with van der Waals surface area (Å²) in [5.41, 5.74) is -1.41. The first-order valence-corrected chi connectivity index (χ1v) is 7.73. The summed E-state index contributed by atoms with van der Waals surface area (Å²) in [5, 5.41) is 12.1. The first-order chi connectivity index (χ1) is 10.5. The van der Waals surface area contributed by atoms with Crippen LogP contribution < -0.4 is 10.1 Å². The van der Waals surface area contributed by atoms with Gasteiger partial charge in [0.2, 0.25) is 5.91 Å². The van der Waals surface area contributed by atoms with E-state index in [1.165, 1.54) is 19.8 Å². The average Bonchev–Trinajstić information content (AvgIpc) is 3.38. The average molecular weight is 303 g/mol. The highest BCUT2D eigenvalue weighted by Crippen LogP contribution is 2.54. The maximum atomic E-state index is 12.2. The monoisotopic (exact) mass is 303 g/mol. The van der Waals surface area contributed by atoms with Gasteiger partial charge in [-0.25, -0.2) is 4.79 Å². The Morgan fingerprint density at radius 3 is 2.59 bits per heavy atom. The molecule has 2 aliphatic carbocycles. The van der Waals surface area contributed by atoms with Crippen molar-refractivity contribution in [2.24, 2.45) is 17.8 Å². The van der Waals surface area contributed by atoms with Gasteiger partial charge in [0.1, 0.15) is 12.4 Å². The van der Waals surface area contributed by atoms with Crippen molar-refractivity contribution in [3.63, 3.8) is 0 Å². The summed E-state index contributed by atoms with van der Waals surface area (Å²) in [4.78, 5) is 23.8. The standard InChI is InChI=1S/C17H21NO4/c1-17(16(20)21,10-22-12-5-3-2-4-6-12)18-15(19)14-9-13(14)11-7-8-11/h2-6,11,13-14H,7-10H2,1H3,(H,18,19)(H,20,21)/t13-,14-,17-/m1/s1. The van der Waals surface area contributed by atoms with Gasteiger partial charge in [-0.3, -0.25) is 4.79 Å². The van der Waals surface area contributed by atoms with Gasteiger partial charge in [0, 0.05) is 5.92 Å². The molecule has 1 amide bonds. The van der Waals surface area contributed by atoms with E-state index >= 15 is 0 Å². The largest absolute Gasteiger partial charge is 0.491 e. The molecule has 5 nitrogen and oxygen atoms in total. The first-order valence-electron chi connectivity index (χ1n) is 7.73. The maximum absolute atomic E-state index is 12.2. The van der Waals surface area contributed by atoms with Crippen LogP contribution in [0.25, 0.3) is 0 Å². The number of amides is 1. The molecule has 1 aromatic carbocycles. The molecule has 0 aliphatic heterocycles. The minimum Gasteiger partial charge on any atom is -0.491 e. The Morgan fingerprint density at radius 2 is 2.00 bits per heavy atom. The molecular formula is C17H21NO4. The second-order valence-electron chi connectivity index (χ2n) is 6.57. The zero-order chi connectivity index (χ0) is 15.7. The summed E-state index contributed by atoms with van der Waals surface area (Å²) < 4.78 is 5.52. The fraction of sp³-hybridized carbons (Fsp3) is 0.529. The number of carboxylic acid groups (broad SMARTS) is 1. The molecule has 0 saturated heterocycles. The minimum absolute atomic E-state index is 0.0112. The summed E-state index contributed by atoms with van der Waals surface area (Å²) in [6.07, 6.45) is 3.31. The highest BCUT2D eigenvalue weighted by molar-refractivity contribution is 5.89. The highest BCUT2D eigenvalue weighted by Gasteiger charge is 2.52. The molecule has 3 rings (SSSR count). The lowest BCUT2D eigenvalue weighted by atomic mass is 10.0. The molecule has 0 heterocycles. The molecule has 1 aromatic rings. The number of nitrogens with one attached hydrogen (secondary N) is 1. The number of carbonyl (C=O) groups excluding carboxylic acids is 1. The fourth-order valence-corrected chi connectivity index (χ4v) is 2.82. The molecule has 2 aliphatic rings. The Bertz CT molecular complexity index is 569. The van der Waals surface area contributed by atoms with Gasteiger partial charge in [0.25, 0.3) is 0 Å². The number of carboxylic acids is 1. The Kier molecular flexibility index (Phi) is 3.81. The fourth-order valence-electron chi connectivity index (χ4n) is 2.82. The molecule has 22 heavy (non-hydrogen) atoms. The van der Waals surface area contributed by atoms with Crippen molar-refractivity contribution in [3.8, 4) is 5.75 Å². The third-order valence-electron chi connectivity index (χ3n) is 4.55. The van der Waals surface area contributed by atoms with E-state index in [0.717, 1.165) is 6.42 Å². The van der Waals surface area contributed by atoms with E-state index in [-0.39, 0.29) is 18.4 Å². The van der Waals surface area contributed by atoms with E-state index in [4.69, 9.17) is 4.74 Å². The van der Waals surface area contributed by atoms with E-state index in [9.17, 15) is 14.7 Å². The van der Waals surface area contributed by atoms with Crippen molar-refractivity contribution < 1.29 is 19.4 Å². The molecule has 0 aromatic heterocycles. The number of rotatable bonds is 7. The molecule has 5 heteroatoms. The van der Waals surface area contributed by atoms with Crippen molar-refractivity contribution in [1.82, 2.24) is 5.32 Å². The van der Waals surface area contributed by atoms with Gasteiger partial charge in [-0.2, -0.15) is 0 Å². The van der Waals surface area contributed by atoms with Crippen molar-refractivity contribution in [1.29, 1.82) is 0 Å². The second-order valence-corrected chi connectivity index (χ2v) is 6.57. The van der Waals surface area contributed by atoms with Crippen LogP contribution in [0.5, 0.6) is 5.75 Å². The van der Waals surface area contributed by atoms with Gasteiger partial charge >= 0.3 is 5.97 Å². The summed E-state index contributed by atoms with van der Waals surface area (Å²) in [5.74, 6) is 0.494. The maximum Gasteiger partial charge on any atom is 0.332 e. The zero-order valence-electron chi connectivity index (χ0n) is 12.6. The lowest BCUT2D eigenvalue weighted by molar-refractivity contribution is -0.148. The number of benzene rings is 1. The van der Waals surface area contributed by atoms with Crippen LogP contribution in [-0.4, -0.2) is 29.1 Å². The predicted octanol–water partition coefficient (Wildman–Crippen LogP) is 2.07. The van der Waals surface area contributed by atoms with Crippen molar-refractivity contribution in [2.45, 2.75) is 31.7 Å². The Labute approximate surface area is 129 Å². The Morgan fingerprint density at radius 1 is 1.32 bits per heavy atom. The van der Waals surface area contributed by atoms with Crippen LogP contribution in [0.15, 0.2) is 30.3 Å². The third-order valence-corrected chi connectivity index (χ3v) is 4.55. The van der Waals surface area contributed by atoms with Crippen LogP contribution >= 0.6 is 0 Å². The second kappa shape index (κ2) is 5.63.